The van der Waals surface area contributed by atoms with Gasteiger partial charge in [0.15, 0.2) is 0 Å². The predicted molar refractivity (Wildman–Crippen MR) is 44.0 cm³/mol. The molecule has 72 valence electrons. The number of alkyl halides is 3. The first-order valence-corrected chi connectivity index (χ1v) is 5.05. The number of rotatable bonds is 2. The maximum absolute atomic E-state index is 12.3. The van der Waals surface area contributed by atoms with Crippen LogP contribution in [0.5, 0.6) is 0 Å². The molecule has 0 aromatic carbocycles. The van der Waals surface area contributed by atoms with Gasteiger partial charge in [0.2, 0.25) is 0 Å². The number of hydrogen-bond acceptors (Lipinski definition) is 2. The highest BCUT2D eigenvalue weighted by atomic mass is 32.2. The van der Waals surface area contributed by atoms with Crippen molar-refractivity contribution in [2.24, 2.45) is 17.6 Å². The van der Waals surface area contributed by atoms with Gasteiger partial charge in [-0.05, 0) is 23.8 Å². The molecule has 0 aliphatic carbocycles. The largest absolute Gasteiger partial charge is 0.393 e. The molecule has 0 bridgehead atoms. The molecule has 0 amide bonds. The van der Waals surface area contributed by atoms with Crippen LogP contribution >= 0.6 is 11.8 Å². The van der Waals surface area contributed by atoms with Gasteiger partial charge in [0.25, 0.3) is 0 Å². The molecule has 1 nitrogen and oxygen atoms in total. The van der Waals surface area contributed by atoms with Crippen LogP contribution in [0.2, 0.25) is 0 Å². The van der Waals surface area contributed by atoms with Crippen LogP contribution in [0.25, 0.3) is 0 Å². The molecule has 0 aromatic heterocycles. The third kappa shape index (κ3) is 2.29. The molecule has 1 saturated heterocycles. The second-order valence-corrected chi connectivity index (χ2v) is 4.16. The molecule has 5 heteroatoms. The van der Waals surface area contributed by atoms with Crippen molar-refractivity contribution in [1.29, 1.82) is 0 Å². The maximum Gasteiger partial charge on any atom is 0.393 e. The molecule has 0 radical (unpaired) electrons. The Bertz CT molecular complexity index is 142. The summed E-state index contributed by atoms with van der Waals surface area (Å²) >= 11 is 1.59. The fourth-order valence-electron chi connectivity index (χ4n) is 1.46. The van der Waals surface area contributed by atoms with E-state index in [1.54, 1.807) is 11.8 Å². The van der Waals surface area contributed by atoms with Crippen LogP contribution in [0, 0.1) is 11.8 Å². The van der Waals surface area contributed by atoms with E-state index in [4.69, 9.17) is 5.73 Å². The van der Waals surface area contributed by atoms with Crippen molar-refractivity contribution in [1.82, 2.24) is 0 Å². The average molecular weight is 199 g/mol. The quantitative estimate of drug-likeness (QED) is 0.734. The SMILES string of the molecule is NCC(C1CCSC1)C(F)(F)F. The van der Waals surface area contributed by atoms with Crippen molar-refractivity contribution < 1.29 is 13.2 Å². The van der Waals surface area contributed by atoms with E-state index in [0.717, 1.165) is 5.75 Å². The molecule has 0 spiro atoms. The Balaban J connectivity index is 2.54. The fraction of sp³-hybridized carbons (Fsp3) is 1.00. The van der Waals surface area contributed by atoms with Gasteiger partial charge >= 0.3 is 6.18 Å². The lowest BCUT2D eigenvalue weighted by Gasteiger charge is -2.23. The monoisotopic (exact) mass is 199 g/mol. The van der Waals surface area contributed by atoms with E-state index >= 15 is 0 Å². The van der Waals surface area contributed by atoms with Crippen molar-refractivity contribution in [2.45, 2.75) is 12.6 Å². The van der Waals surface area contributed by atoms with E-state index in [-0.39, 0.29) is 12.5 Å². The summed E-state index contributed by atoms with van der Waals surface area (Å²) in [6, 6.07) is 0. The van der Waals surface area contributed by atoms with Crippen molar-refractivity contribution in [3.8, 4) is 0 Å². The molecule has 2 unspecified atom stereocenters. The lowest BCUT2D eigenvalue weighted by molar-refractivity contribution is -0.183. The molecule has 1 fully saturated rings. The van der Waals surface area contributed by atoms with E-state index in [1.807, 2.05) is 0 Å². The Hall–Kier alpha value is 0.100. The number of nitrogens with two attached hydrogens (primary N) is 1. The van der Waals surface area contributed by atoms with Crippen molar-refractivity contribution >= 4 is 11.8 Å². The first-order chi connectivity index (χ1) is 5.55. The number of thioether (sulfide) groups is 1. The minimum atomic E-state index is -4.11. The van der Waals surface area contributed by atoms with Gasteiger partial charge in [-0.15, -0.1) is 0 Å². The highest BCUT2D eigenvalue weighted by Crippen LogP contribution is 2.38. The van der Waals surface area contributed by atoms with Crippen LogP contribution in [-0.2, 0) is 0 Å². The zero-order valence-corrected chi connectivity index (χ0v) is 7.42. The molecule has 1 aliphatic rings. The lowest BCUT2D eigenvalue weighted by atomic mass is 9.91. The van der Waals surface area contributed by atoms with Crippen LogP contribution in [0.1, 0.15) is 6.42 Å². The molecule has 0 saturated carbocycles. The summed E-state index contributed by atoms with van der Waals surface area (Å²) < 4.78 is 36.8. The molecular formula is C7H12F3NS. The van der Waals surface area contributed by atoms with Gasteiger partial charge < -0.3 is 5.73 Å². The van der Waals surface area contributed by atoms with Gasteiger partial charge in [0.05, 0.1) is 5.92 Å². The Morgan fingerprint density at radius 2 is 2.17 bits per heavy atom. The molecule has 1 aliphatic heterocycles. The third-order valence-electron chi connectivity index (χ3n) is 2.21. The predicted octanol–water partition coefficient (Wildman–Crippen LogP) is 1.88. The smallest absolute Gasteiger partial charge is 0.330 e. The minimum Gasteiger partial charge on any atom is -0.330 e. The fourth-order valence-corrected chi connectivity index (χ4v) is 2.80. The summed E-state index contributed by atoms with van der Waals surface area (Å²) in [7, 11) is 0. The van der Waals surface area contributed by atoms with E-state index in [2.05, 4.69) is 0 Å². The van der Waals surface area contributed by atoms with Crippen molar-refractivity contribution in [3.05, 3.63) is 0 Å². The van der Waals surface area contributed by atoms with Crippen molar-refractivity contribution in [2.75, 3.05) is 18.1 Å². The Labute approximate surface area is 73.9 Å². The van der Waals surface area contributed by atoms with Gasteiger partial charge in [-0.3, -0.25) is 0 Å². The third-order valence-corrected chi connectivity index (χ3v) is 3.40. The first-order valence-electron chi connectivity index (χ1n) is 3.90. The first kappa shape index (κ1) is 10.2. The molecular weight excluding hydrogens is 187 g/mol. The summed E-state index contributed by atoms with van der Waals surface area (Å²) in [5.41, 5.74) is 5.11. The van der Waals surface area contributed by atoms with Crippen molar-refractivity contribution in [3.63, 3.8) is 0 Å². The Morgan fingerprint density at radius 1 is 1.50 bits per heavy atom. The summed E-state index contributed by atoms with van der Waals surface area (Å²) in [5, 5.41) is 0. The van der Waals surface area contributed by atoms with Crippen LogP contribution in [0.15, 0.2) is 0 Å². The average Bonchev–Trinajstić information content (AvgIpc) is 2.38. The summed E-state index contributed by atoms with van der Waals surface area (Å²) in [6.45, 7) is -0.269. The Morgan fingerprint density at radius 3 is 2.50 bits per heavy atom. The zero-order valence-electron chi connectivity index (χ0n) is 6.60. The van der Waals surface area contributed by atoms with Gasteiger partial charge in [-0.1, -0.05) is 0 Å². The van der Waals surface area contributed by atoms with Crippen LogP contribution in [0.4, 0.5) is 13.2 Å². The number of halogens is 3. The van der Waals surface area contributed by atoms with E-state index in [0.29, 0.717) is 12.2 Å². The topological polar surface area (TPSA) is 26.0 Å². The second-order valence-electron chi connectivity index (χ2n) is 3.01. The number of hydrogen-bond donors (Lipinski definition) is 1. The molecule has 2 atom stereocenters. The van der Waals surface area contributed by atoms with Crippen LogP contribution < -0.4 is 5.73 Å². The molecule has 0 aromatic rings. The zero-order chi connectivity index (χ0) is 9.19. The van der Waals surface area contributed by atoms with Gasteiger partial charge in [0, 0.05) is 6.54 Å². The van der Waals surface area contributed by atoms with E-state index < -0.39 is 12.1 Å². The van der Waals surface area contributed by atoms with Gasteiger partial charge in [0.1, 0.15) is 0 Å². The summed E-state index contributed by atoms with van der Waals surface area (Å²) in [6.07, 6.45) is -3.45. The van der Waals surface area contributed by atoms with Gasteiger partial charge in [-0.25, -0.2) is 0 Å². The normalized spacial score (nSPS) is 27.5. The maximum atomic E-state index is 12.3. The van der Waals surface area contributed by atoms with Crippen LogP contribution in [-0.4, -0.2) is 24.2 Å². The molecule has 1 heterocycles. The summed E-state index contributed by atoms with van der Waals surface area (Å²) in [5.74, 6) is -0.0778. The van der Waals surface area contributed by atoms with Gasteiger partial charge in [-0.2, -0.15) is 24.9 Å². The Kier molecular flexibility index (Phi) is 3.29. The molecule has 2 N–H and O–H groups in total. The lowest BCUT2D eigenvalue weighted by Crippen LogP contribution is -2.36. The highest BCUT2D eigenvalue weighted by Gasteiger charge is 2.44. The standard InChI is InChI=1S/C7H12F3NS/c8-7(9,10)6(3-11)5-1-2-12-4-5/h5-6H,1-4,11H2. The molecule has 12 heavy (non-hydrogen) atoms. The van der Waals surface area contributed by atoms with Crippen LogP contribution in [0.3, 0.4) is 0 Å². The van der Waals surface area contributed by atoms with E-state index in [1.165, 1.54) is 0 Å². The highest BCUT2D eigenvalue weighted by molar-refractivity contribution is 7.99. The summed E-state index contributed by atoms with van der Waals surface area (Å²) in [4.78, 5) is 0. The van der Waals surface area contributed by atoms with E-state index in [9.17, 15) is 13.2 Å². The second kappa shape index (κ2) is 3.87. The minimum absolute atomic E-state index is 0.250. The molecule has 1 rings (SSSR count).